The fourth-order valence-corrected chi connectivity index (χ4v) is 1.34. The molecule has 13 heavy (non-hydrogen) atoms. The molecule has 0 aliphatic rings. The van der Waals surface area contributed by atoms with Gasteiger partial charge in [0.25, 0.3) is 0 Å². The molecule has 0 fully saturated rings. The maximum absolute atomic E-state index is 3.73. The molecule has 0 rings (SSSR count). The number of unbranched alkanes of at least 4 members (excludes halogenated alkanes) is 6. The second-order valence-electron chi connectivity index (χ2n) is 3.71. The smallest absolute Gasteiger partial charge is 0.0345 e. The highest BCUT2D eigenvalue weighted by Gasteiger charge is 1.88. The van der Waals surface area contributed by atoms with Gasteiger partial charge in [-0.05, 0) is 19.8 Å². The standard InChI is InChI=1S/C13H24/c1-4-6-7-8-9-10-11-12-13(3)5-2/h5,12H,2,4,6-11H2,1,3H3/b13-12+. The van der Waals surface area contributed by atoms with E-state index in [4.69, 9.17) is 0 Å². The van der Waals surface area contributed by atoms with Gasteiger partial charge in [0.05, 0.1) is 0 Å². The summed E-state index contributed by atoms with van der Waals surface area (Å²) < 4.78 is 0. The minimum Gasteiger partial charge on any atom is -0.0988 e. The summed E-state index contributed by atoms with van der Waals surface area (Å²) in [6.45, 7) is 8.11. The summed E-state index contributed by atoms with van der Waals surface area (Å²) in [6, 6.07) is 0. The van der Waals surface area contributed by atoms with Crippen LogP contribution in [0.2, 0.25) is 0 Å². The van der Waals surface area contributed by atoms with Gasteiger partial charge in [-0.3, -0.25) is 0 Å². The van der Waals surface area contributed by atoms with Gasteiger partial charge in [-0.15, -0.1) is 0 Å². The quantitative estimate of drug-likeness (QED) is 0.369. The molecule has 0 aromatic heterocycles. The van der Waals surface area contributed by atoms with Crippen molar-refractivity contribution in [3.05, 3.63) is 24.3 Å². The molecule has 0 heterocycles. The summed E-state index contributed by atoms with van der Waals surface area (Å²) in [4.78, 5) is 0. The molecule has 0 unspecified atom stereocenters. The Morgan fingerprint density at radius 3 is 2.31 bits per heavy atom. The van der Waals surface area contributed by atoms with Crippen LogP contribution < -0.4 is 0 Å². The van der Waals surface area contributed by atoms with Gasteiger partial charge in [0, 0.05) is 0 Å². The minimum atomic E-state index is 1.23. The molecule has 0 bridgehead atoms. The van der Waals surface area contributed by atoms with Crippen molar-refractivity contribution in [1.29, 1.82) is 0 Å². The van der Waals surface area contributed by atoms with Crippen LogP contribution in [0.3, 0.4) is 0 Å². The highest BCUT2D eigenvalue weighted by Crippen LogP contribution is 2.08. The van der Waals surface area contributed by atoms with E-state index in [1.165, 1.54) is 50.5 Å². The summed E-state index contributed by atoms with van der Waals surface area (Å²) in [6.07, 6.45) is 13.7. The van der Waals surface area contributed by atoms with E-state index in [1.54, 1.807) is 0 Å². The van der Waals surface area contributed by atoms with Crippen molar-refractivity contribution in [2.45, 2.75) is 58.8 Å². The van der Waals surface area contributed by atoms with Crippen LogP contribution in [0.4, 0.5) is 0 Å². The first kappa shape index (κ1) is 12.5. The van der Waals surface area contributed by atoms with Gasteiger partial charge in [-0.2, -0.15) is 0 Å². The molecule has 0 nitrogen and oxygen atoms in total. The third-order valence-electron chi connectivity index (χ3n) is 2.35. The SMILES string of the molecule is C=C/C(C)=C/CCCCCCCC. The van der Waals surface area contributed by atoms with E-state index in [-0.39, 0.29) is 0 Å². The van der Waals surface area contributed by atoms with Crippen molar-refractivity contribution in [2.75, 3.05) is 0 Å². The molecule has 0 heteroatoms. The maximum atomic E-state index is 3.73. The molecule has 0 aliphatic heterocycles. The van der Waals surface area contributed by atoms with E-state index in [0.717, 1.165) is 0 Å². The fourth-order valence-electron chi connectivity index (χ4n) is 1.34. The van der Waals surface area contributed by atoms with Crippen LogP contribution in [0.1, 0.15) is 58.8 Å². The average molecular weight is 180 g/mol. The van der Waals surface area contributed by atoms with Crippen LogP contribution >= 0.6 is 0 Å². The van der Waals surface area contributed by atoms with Crippen LogP contribution in [-0.4, -0.2) is 0 Å². The van der Waals surface area contributed by atoms with Crippen LogP contribution in [-0.2, 0) is 0 Å². The summed E-state index contributed by atoms with van der Waals surface area (Å²) in [7, 11) is 0. The topological polar surface area (TPSA) is 0 Å². The van der Waals surface area contributed by atoms with E-state index >= 15 is 0 Å². The van der Waals surface area contributed by atoms with Crippen LogP contribution in [0.5, 0.6) is 0 Å². The molecule has 0 N–H and O–H groups in total. The second-order valence-corrected chi connectivity index (χ2v) is 3.71. The first-order valence-corrected chi connectivity index (χ1v) is 5.60. The normalized spacial score (nSPS) is 11.7. The molecule has 0 aliphatic carbocycles. The molecule has 0 saturated heterocycles. The Bertz CT molecular complexity index is 142. The highest BCUT2D eigenvalue weighted by molar-refractivity contribution is 5.12. The molecule has 0 saturated carbocycles. The van der Waals surface area contributed by atoms with Gasteiger partial charge in [-0.1, -0.05) is 63.3 Å². The fraction of sp³-hybridized carbons (Fsp3) is 0.692. The predicted octanol–water partition coefficient (Wildman–Crippen LogP) is 4.87. The second kappa shape index (κ2) is 9.57. The number of hydrogen-bond acceptors (Lipinski definition) is 0. The molecular weight excluding hydrogens is 156 g/mol. The van der Waals surface area contributed by atoms with Gasteiger partial charge < -0.3 is 0 Å². The monoisotopic (exact) mass is 180 g/mol. The lowest BCUT2D eigenvalue weighted by Crippen LogP contribution is -1.78. The van der Waals surface area contributed by atoms with E-state index in [9.17, 15) is 0 Å². The van der Waals surface area contributed by atoms with Gasteiger partial charge in [0.1, 0.15) is 0 Å². The Morgan fingerprint density at radius 1 is 1.08 bits per heavy atom. The Kier molecular flexibility index (Phi) is 9.18. The van der Waals surface area contributed by atoms with Gasteiger partial charge in [0.15, 0.2) is 0 Å². The molecule has 0 amide bonds. The summed E-state index contributed by atoms with van der Waals surface area (Å²) >= 11 is 0. The van der Waals surface area contributed by atoms with Crippen LogP contribution in [0, 0.1) is 0 Å². The van der Waals surface area contributed by atoms with E-state index in [1.807, 2.05) is 6.08 Å². The minimum absolute atomic E-state index is 1.23. The van der Waals surface area contributed by atoms with Crippen molar-refractivity contribution < 1.29 is 0 Å². The van der Waals surface area contributed by atoms with E-state index in [0.29, 0.717) is 0 Å². The third kappa shape index (κ3) is 9.39. The molecule has 0 atom stereocenters. The van der Waals surface area contributed by atoms with E-state index in [2.05, 4.69) is 26.5 Å². The zero-order chi connectivity index (χ0) is 9.94. The van der Waals surface area contributed by atoms with Crippen molar-refractivity contribution in [3.63, 3.8) is 0 Å². The maximum Gasteiger partial charge on any atom is -0.0345 e. The molecular formula is C13H24. The lowest BCUT2D eigenvalue weighted by atomic mass is 10.1. The van der Waals surface area contributed by atoms with Crippen LogP contribution in [0.15, 0.2) is 24.3 Å². The molecule has 0 aromatic rings. The first-order chi connectivity index (χ1) is 6.31. The molecule has 0 radical (unpaired) electrons. The average Bonchev–Trinajstić information content (AvgIpc) is 2.16. The Balaban J connectivity index is 3.12. The molecule has 0 spiro atoms. The van der Waals surface area contributed by atoms with E-state index < -0.39 is 0 Å². The molecule has 76 valence electrons. The Hall–Kier alpha value is -0.520. The Morgan fingerprint density at radius 2 is 1.69 bits per heavy atom. The number of hydrogen-bond donors (Lipinski definition) is 0. The van der Waals surface area contributed by atoms with Crippen molar-refractivity contribution >= 4 is 0 Å². The van der Waals surface area contributed by atoms with Gasteiger partial charge in [-0.25, -0.2) is 0 Å². The van der Waals surface area contributed by atoms with Gasteiger partial charge >= 0.3 is 0 Å². The van der Waals surface area contributed by atoms with Gasteiger partial charge in [0.2, 0.25) is 0 Å². The lowest BCUT2D eigenvalue weighted by molar-refractivity contribution is 0.611. The number of rotatable bonds is 8. The highest BCUT2D eigenvalue weighted by atomic mass is 13.9. The zero-order valence-corrected chi connectivity index (χ0v) is 9.31. The van der Waals surface area contributed by atoms with Crippen molar-refractivity contribution in [2.24, 2.45) is 0 Å². The largest absolute Gasteiger partial charge is 0.0988 e. The molecule has 0 aromatic carbocycles. The number of allylic oxidation sites excluding steroid dienone is 3. The third-order valence-corrected chi connectivity index (χ3v) is 2.35. The zero-order valence-electron chi connectivity index (χ0n) is 9.31. The summed E-state index contributed by atoms with van der Waals surface area (Å²) in [5.41, 5.74) is 1.31. The van der Waals surface area contributed by atoms with Crippen molar-refractivity contribution in [3.8, 4) is 0 Å². The predicted molar refractivity (Wildman–Crippen MR) is 61.9 cm³/mol. The van der Waals surface area contributed by atoms with Crippen LogP contribution in [0.25, 0.3) is 0 Å². The van der Waals surface area contributed by atoms with Crippen molar-refractivity contribution in [1.82, 2.24) is 0 Å². The lowest BCUT2D eigenvalue weighted by Gasteiger charge is -1.98. The Labute approximate surface area is 83.7 Å². The first-order valence-electron chi connectivity index (χ1n) is 5.60. The summed E-state index contributed by atoms with van der Waals surface area (Å²) in [5.74, 6) is 0. The summed E-state index contributed by atoms with van der Waals surface area (Å²) in [5, 5.41) is 0.